The minimum atomic E-state index is -0.373. The van der Waals surface area contributed by atoms with Gasteiger partial charge in [-0.2, -0.15) is 0 Å². The highest BCUT2D eigenvalue weighted by Gasteiger charge is 2.24. The predicted molar refractivity (Wildman–Crippen MR) is 55.1 cm³/mol. The number of hydrogen-bond acceptors (Lipinski definition) is 2. The first-order chi connectivity index (χ1) is 6.59. The molecule has 0 radical (unpaired) electrons. The Morgan fingerprint density at radius 3 is 2.57 bits per heavy atom. The van der Waals surface area contributed by atoms with Gasteiger partial charge in [0.15, 0.2) is 0 Å². The van der Waals surface area contributed by atoms with Crippen LogP contribution in [0.25, 0.3) is 0 Å². The minimum absolute atomic E-state index is 0.0671. The molecule has 0 bridgehead atoms. The molecule has 1 aliphatic carbocycles. The van der Waals surface area contributed by atoms with Crippen LogP contribution in [0.5, 0.6) is 0 Å². The fourth-order valence-electron chi connectivity index (χ4n) is 1.75. The van der Waals surface area contributed by atoms with Crippen molar-refractivity contribution in [3.8, 4) is 0 Å². The zero-order valence-corrected chi connectivity index (χ0v) is 8.92. The first-order valence-electron chi connectivity index (χ1n) is 5.34. The maximum atomic E-state index is 11.3. The quantitative estimate of drug-likeness (QED) is 0.622. The summed E-state index contributed by atoms with van der Waals surface area (Å²) < 4.78 is 0. The lowest BCUT2D eigenvalue weighted by atomic mass is 9.93. The number of carbonyl (C=O) groups is 1. The van der Waals surface area contributed by atoms with Gasteiger partial charge in [-0.15, -0.1) is 0 Å². The van der Waals surface area contributed by atoms with Crippen LogP contribution in [-0.4, -0.2) is 29.3 Å². The maximum Gasteiger partial charge on any atom is 0.315 e. The van der Waals surface area contributed by atoms with Crippen LogP contribution < -0.4 is 10.6 Å². The van der Waals surface area contributed by atoms with Gasteiger partial charge in [0.05, 0.1) is 12.1 Å². The van der Waals surface area contributed by atoms with E-state index in [1.807, 2.05) is 13.8 Å². The zero-order valence-electron chi connectivity index (χ0n) is 8.92. The molecule has 3 N–H and O–H groups in total. The van der Waals surface area contributed by atoms with Crippen LogP contribution in [-0.2, 0) is 0 Å². The molecular formula is C10H20N2O2. The van der Waals surface area contributed by atoms with Crippen molar-refractivity contribution in [2.75, 3.05) is 0 Å². The molecule has 14 heavy (non-hydrogen) atoms. The summed E-state index contributed by atoms with van der Waals surface area (Å²) in [4.78, 5) is 11.3. The van der Waals surface area contributed by atoms with Crippen LogP contribution in [0.2, 0.25) is 0 Å². The van der Waals surface area contributed by atoms with Gasteiger partial charge in [0, 0.05) is 6.04 Å². The van der Waals surface area contributed by atoms with Gasteiger partial charge >= 0.3 is 6.03 Å². The van der Waals surface area contributed by atoms with E-state index in [0.717, 1.165) is 25.7 Å². The van der Waals surface area contributed by atoms with E-state index in [9.17, 15) is 9.90 Å². The Morgan fingerprint density at radius 2 is 2.00 bits per heavy atom. The summed E-state index contributed by atoms with van der Waals surface area (Å²) in [5, 5.41) is 15.2. The van der Waals surface area contributed by atoms with Crippen LogP contribution in [0.1, 0.15) is 39.5 Å². The van der Waals surface area contributed by atoms with E-state index in [4.69, 9.17) is 0 Å². The summed E-state index contributed by atoms with van der Waals surface area (Å²) in [6.45, 7) is 3.83. The molecule has 1 aliphatic rings. The number of carbonyl (C=O) groups excluding carboxylic acids is 1. The van der Waals surface area contributed by atoms with Gasteiger partial charge in [0.2, 0.25) is 0 Å². The van der Waals surface area contributed by atoms with E-state index < -0.39 is 0 Å². The first-order valence-corrected chi connectivity index (χ1v) is 5.34. The number of rotatable bonds is 2. The Labute approximate surface area is 85.1 Å². The zero-order chi connectivity index (χ0) is 10.6. The highest BCUT2D eigenvalue weighted by Crippen LogP contribution is 2.18. The normalized spacial score (nSPS) is 27.4. The molecule has 0 aliphatic heterocycles. The summed E-state index contributed by atoms with van der Waals surface area (Å²) in [6, 6.07) is -0.107. The minimum Gasteiger partial charge on any atom is -0.391 e. The Morgan fingerprint density at radius 1 is 1.36 bits per heavy atom. The molecule has 2 amide bonds. The van der Waals surface area contributed by atoms with Crippen LogP contribution in [0.3, 0.4) is 0 Å². The van der Waals surface area contributed by atoms with Crippen molar-refractivity contribution >= 4 is 6.03 Å². The Hall–Kier alpha value is -0.770. The summed E-state index contributed by atoms with van der Waals surface area (Å²) in [5.74, 6) is 0. The predicted octanol–water partition coefficient (Wildman–Crippen LogP) is 0.998. The molecule has 1 fully saturated rings. The number of aliphatic hydroxyl groups excluding tert-OH is 1. The van der Waals surface area contributed by atoms with Gasteiger partial charge in [-0.05, 0) is 26.7 Å². The van der Waals surface area contributed by atoms with Gasteiger partial charge in [-0.3, -0.25) is 0 Å². The molecule has 0 aromatic heterocycles. The maximum absolute atomic E-state index is 11.3. The Kier molecular flexibility index (Phi) is 4.20. The monoisotopic (exact) mass is 200 g/mol. The third-order valence-electron chi connectivity index (χ3n) is 2.47. The lowest BCUT2D eigenvalue weighted by Gasteiger charge is -2.28. The van der Waals surface area contributed by atoms with Crippen LogP contribution >= 0.6 is 0 Å². The molecule has 0 saturated heterocycles. The fourth-order valence-corrected chi connectivity index (χ4v) is 1.75. The Bertz CT molecular complexity index is 195. The van der Waals surface area contributed by atoms with E-state index in [-0.39, 0.29) is 24.2 Å². The molecule has 0 aromatic carbocycles. The summed E-state index contributed by atoms with van der Waals surface area (Å²) >= 11 is 0. The fraction of sp³-hybridized carbons (Fsp3) is 0.900. The van der Waals surface area contributed by atoms with Gasteiger partial charge in [-0.25, -0.2) is 4.79 Å². The molecule has 0 spiro atoms. The van der Waals surface area contributed by atoms with Crippen LogP contribution in [0.15, 0.2) is 0 Å². The number of nitrogens with one attached hydrogen (secondary N) is 2. The number of aliphatic hydroxyl groups is 1. The first kappa shape index (κ1) is 11.3. The van der Waals surface area contributed by atoms with Crippen LogP contribution in [0.4, 0.5) is 4.79 Å². The van der Waals surface area contributed by atoms with E-state index in [1.165, 1.54) is 0 Å². The second-order valence-corrected chi connectivity index (χ2v) is 4.23. The smallest absolute Gasteiger partial charge is 0.315 e. The lowest BCUT2D eigenvalue weighted by Crippen LogP contribution is -2.50. The molecule has 2 atom stereocenters. The number of hydrogen-bond donors (Lipinski definition) is 3. The number of urea groups is 1. The largest absolute Gasteiger partial charge is 0.391 e. The molecule has 4 heteroatoms. The SMILES string of the molecule is CC(C)NC(=O)NC1CCCCC1O. The summed E-state index contributed by atoms with van der Waals surface area (Å²) in [7, 11) is 0. The van der Waals surface area contributed by atoms with E-state index in [0.29, 0.717) is 0 Å². The van der Waals surface area contributed by atoms with Gasteiger partial charge in [0.25, 0.3) is 0 Å². The number of amides is 2. The third-order valence-corrected chi connectivity index (χ3v) is 2.47. The topological polar surface area (TPSA) is 61.4 Å². The molecule has 1 saturated carbocycles. The average molecular weight is 200 g/mol. The van der Waals surface area contributed by atoms with Crippen molar-refractivity contribution in [3.05, 3.63) is 0 Å². The highest BCUT2D eigenvalue weighted by molar-refractivity contribution is 5.74. The third kappa shape index (κ3) is 3.54. The standard InChI is InChI=1S/C10H20N2O2/c1-7(2)11-10(14)12-8-5-3-4-6-9(8)13/h7-9,13H,3-6H2,1-2H3,(H2,11,12,14). The second kappa shape index (κ2) is 5.20. The summed E-state index contributed by atoms with van der Waals surface area (Å²) in [5.41, 5.74) is 0. The van der Waals surface area contributed by atoms with E-state index >= 15 is 0 Å². The highest BCUT2D eigenvalue weighted by atomic mass is 16.3. The van der Waals surface area contributed by atoms with Crippen molar-refractivity contribution in [3.63, 3.8) is 0 Å². The molecule has 0 heterocycles. The van der Waals surface area contributed by atoms with Crippen molar-refractivity contribution in [2.45, 2.75) is 57.7 Å². The van der Waals surface area contributed by atoms with E-state index in [2.05, 4.69) is 10.6 Å². The summed E-state index contributed by atoms with van der Waals surface area (Å²) in [6.07, 6.45) is 3.45. The van der Waals surface area contributed by atoms with Gasteiger partial charge in [-0.1, -0.05) is 12.8 Å². The molecule has 0 aromatic rings. The van der Waals surface area contributed by atoms with Crippen molar-refractivity contribution in [2.24, 2.45) is 0 Å². The van der Waals surface area contributed by atoms with Crippen molar-refractivity contribution < 1.29 is 9.90 Å². The Balaban J connectivity index is 2.31. The second-order valence-electron chi connectivity index (χ2n) is 4.23. The van der Waals surface area contributed by atoms with Crippen molar-refractivity contribution in [1.82, 2.24) is 10.6 Å². The van der Waals surface area contributed by atoms with Crippen molar-refractivity contribution in [1.29, 1.82) is 0 Å². The van der Waals surface area contributed by atoms with Crippen LogP contribution in [0, 0.1) is 0 Å². The van der Waals surface area contributed by atoms with Gasteiger partial charge < -0.3 is 15.7 Å². The molecule has 4 nitrogen and oxygen atoms in total. The molecule has 2 unspecified atom stereocenters. The molecular weight excluding hydrogens is 180 g/mol. The molecule has 82 valence electrons. The lowest BCUT2D eigenvalue weighted by molar-refractivity contribution is 0.0941. The van der Waals surface area contributed by atoms with E-state index in [1.54, 1.807) is 0 Å². The average Bonchev–Trinajstić information content (AvgIpc) is 2.07. The molecule has 1 rings (SSSR count). The van der Waals surface area contributed by atoms with Gasteiger partial charge in [0.1, 0.15) is 0 Å².